The Morgan fingerprint density at radius 3 is 2.24 bits per heavy atom. The second-order valence-electron chi connectivity index (χ2n) is 5.40. The molecule has 5 nitrogen and oxygen atoms in total. The predicted octanol–water partition coefficient (Wildman–Crippen LogP) is 4.05. The Balaban J connectivity index is 2.53. The molecule has 0 saturated heterocycles. The van der Waals surface area contributed by atoms with E-state index in [4.69, 9.17) is 11.6 Å². The summed E-state index contributed by atoms with van der Waals surface area (Å²) in [7, 11) is -2.73. The van der Waals surface area contributed by atoms with Crippen LogP contribution in [0.5, 0.6) is 0 Å². The molecular formula is C18H20ClNO4S. The molecule has 2 rings (SSSR count). The summed E-state index contributed by atoms with van der Waals surface area (Å²) in [5.74, 6) is -0.628. The number of hydrogen-bond acceptors (Lipinski definition) is 4. The Hall–Kier alpha value is -2.05. The number of methoxy groups -OCH3 is 1. The highest BCUT2D eigenvalue weighted by Gasteiger charge is 2.22. The van der Waals surface area contributed by atoms with Gasteiger partial charge in [-0.05, 0) is 42.2 Å². The van der Waals surface area contributed by atoms with Crippen molar-refractivity contribution in [2.24, 2.45) is 0 Å². The lowest BCUT2D eigenvalue weighted by molar-refractivity contribution is 0.0600. The van der Waals surface area contributed by atoms with Crippen molar-refractivity contribution in [3.8, 4) is 0 Å². The SMILES string of the molecule is CCc1cccc(CC)c1NS(=O)(=O)c1cc(C(=O)OC)ccc1Cl. The van der Waals surface area contributed by atoms with Crippen LogP contribution in [-0.4, -0.2) is 21.5 Å². The molecule has 2 aromatic carbocycles. The fraction of sp³-hybridized carbons (Fsp3) is 0.278. The van der Waals surface area contributed by atoms with Crippen molar-refractivity contribution in [3.63, 3.8) is 0 Å². The Labute approximate surface area is 153 Å². The van der Waals surface area contributed by atoms with E-state index in [1.807, 2.05) is 32.0 Å². The standard InChI is InChI=1S/C18H20ClNO4S/c1-4-12-7-6-8-13(5-2)17(12)20-25(22,23)16-11-14(18(21)24-3)9-10-15(16)19/h6-11,20H,4-5H2,1-3H3. The molecule has 0 fully saturated rings. The number of para-hydroxylation sites is 1. The van der Waals surface area contributed by atoms with E-state index in [0.717, 1.165) is 11.1 Å². The first-order valence-electron chi connectivity index (χ1n) is 7.85. The molecule has 0 saturated carbocycles. The topological polar surface area (TPSA) is 72.5 Å². The van der Waals surface area contributed by atoms with Crippen LogP contribution in [0.3, 0.4) is 0 Å². The normalized spacial score (nSPS) is 11.2. The molecule has 0 radical (unpaired) electrons. The quantitative estimate of drug-likeness (QED) is 0.766. The highest BCUT2D eigenvalue weighted by molar-refractivity contribution is 7.92. The molecular weight excluding hydrogens is 362 g/mol. The second kappa shape index (κ2) is 7.89. The van der Waals surface area contributed by atoms with E-state index in [2.05, 4.69) is 9.46 Å². The number of ether oxygens (including phenoxy) is 1. The fourth-order valence-electron chi connectivity index (χ4n) is 2.52. The Morgan fingerprint density at radius 2 is 1.72 bits per heavy atom. The molecule has 134 valence electrons. The molecule has 25 heavy (non-hydrogen) atoms. The number of nitrogens with one attached hydrogen (secondary N) is 1. The van der Waals surface area contributed by atoms with Gasteiger partial charge in [0.25, 0.3) is 10.0 Å². The van der Waals surface area contributed by atoms with Gasteiger partial charge in [0.15, 0.2) is 0 Å². The molecule has 0 aromatic heterocycles. The van der Waals surface area contributed by atoms with E-state index in [-0.39, 0.29) is 15.5 Å². The van der Waals surface area contributed by atoms with Crippen LogP contribution in [0.4, 0.5) is 5.69 Å². The number of sulfonamides is 1. The maximum atomic E-state index is 12.9. The first-order valence-corrected chi connectivity index (χ1v) is 9.71. The van der Waals surface area contributed by atoms with E-state index < -0.39 is 16.0 Å². The summed E-state index contributed by atoms with van der Waals surface area (Å²) in [5, 5.41) is 0.0344. The van der Waals surface area contributed by atoms with Gasteiger partial charge in [0.1, 0.15) is 4.90 Å². The molecule has 0 heterocycles. The van der Waals surface area contributed by atoms with Crippen LogP contribution in [0.25, 0.3) is 0 Å². The highest BCUT2D eigenvalue weighted by atomic mass is 35.5. The van der Waals surface area contributed by atoms with Crippen LogP contribution in [-0.2, 0) is 27.6 Å². The minimum atomic E-state index is -3.96. The Morgan fingerprint density at radius 1 is 1.12 bits per heavy atom. The van der Waals surface area contributed by atoms with Gasteiger partial charge in [0, 0.05) is 0 Å². The molecule has 1 N–H and O–H groups in total. The third-order valence-corrected chi connectivity index (χ3v) is 5.71. The average molecular weight is 382 g/mol. The minimum Gasteiger partial charge on any atom is -0.465 e. The molecule has 0 aliphatic heterocycles. The number of halogens is 1. The number of hydrogen-bond donors (Lipinski definition) is 1. The summed E-state index contributed by atoms with van der Waals surface area (Å²) in [6.45, 7) is 3.91. The molecule has 0 atom stereocenters. The summed E-state index contributed by atoms with van der Waals surface area (Å²) in [5.41, 5.74) is 2.46. The van der Waals surface area contributed by atoms with E-state index in [1.54, 1.807) is 0 Å². The maximum Gasteiger partial charge on any atom is 0.337 e. The van der Waals surface area contributed by atoms with Gasteiger partial charge in [-0.2, -0.15) is 0 Å². The predicted molar refractivity (Wildman–Crippen MR) is 98.8 cm³/mol. The molecule has 0 amide bonds. The van der Waals surface area contributed by atoms with Gasteiger partial charge in [-0.25, -0.2) is 13.2 Å². The molecule has 0 spiro atoms. The van der Waals surface area contributed by atoms with E-state index >= 15 is 0 Å². The lowest BCUT2D eigenvalue weighted by Gasteiger charge is -2.16. The van der Waals surface area contributed by atoms with Crippen molar-refractivity contribution < 1.29 is 17.9 Å². The van der Waals surface area contributed by atoms with Crippen molar-refractivity contribution in [1.29, 1.82) is 0 Å². The van der Waals surface area contributed by atoms with Gasteiger partial charge < -0.3 is 4.74 Å². The van der Waals surface area contributed by atoms with Crippen molar-refractivity contribution >= 4 is 33.3 Å². The lowest BCUT2D eigenvalue weighted by atomic mass is 10.0. The number of carbonyl (C=O) groups is 1. The first-order chi connectivity index (χ1) is 11.8. The number of aryl methyl sites for hydroxylation is 2. The van der Waals surface area contributed by atoms with Crippen LogP contribution in [0.15, 0.2) is 41.3 Å². The average Bonchev–Trinajstić information content (AvgIpc) is 2.61. The molecule has 2 aromatic rings. The van der Waals surface area contributed by atoms with Crippen molar-refractivity contribution in [3.05, 3.63) is 58.1 Å². The van der Waals surface area contributed by atoms with Gasteiger partial charge >= 0.3 is 5.97 Å². The Bertz CT molecular complexity index is 872. The Kier molecular flexibility index (Phi) is 6.08. The van der Waals surface area contributed by atoms with Gasteiger partial charge in [0.2, 0.25) is 0 Å². The molecule has 0 unspecified atom stereocenters. The zero-order chi connectivity index (χ0) is 18.6. The zero-order valence-corrected chi connectivity index (χ0v) is 15.9. The van der Waals surface area contributed by atoms with Crippen LogP contribution >= 0.6 is 11.6 Å². The van der Waals surface area contributed by atoms with Crippen LogP contribution < -0.4 is 4.72 Å². The van der Waals surface area contributed by atoms with Gasteiger partial charge in [-0.15, -0.1) is 0 Å². The first kappa shape index (κ1) is 19.3. The molecule has 0 aliphatic rings. The summed E-state index contributed by atoms with van der Waals surface area (Å²) in [6.07, 6.45) is 1.36. The zero-order valence-electron chi connectivity index (χ0n) is 14.3. The molecule has 7 heteroatoms. The van der Waals surface area contributed by atoms with Crippen molar-refractivity contribution in [1.82, 2.24) is 0 Å². The van der Waals surface area contributed by atoms with E-state index in [0.29, 0.717) is 18.5 Å². The number of anilines is 1. The van der Waals surface area contributed by atoms with E-state index in [9.17, 15) is 13.2 Å². The molecule has 0 bridgehead atoms. The largest absolute Gasteiger partial charge is 0.465 e. The highest BCUT2D eigenvalue weighted by Crippen LogP contribution is 2.29. The van der Waals surface area contributed by atoms with Crippen LogP contribution in [0.2, 0.25) is 5.02 Å². The summed E-state index contributed by atoms with van der Waals surface area (Å²) in [6, 6.07) is 9.67. The second-order valence-corrected chi connectivity index (χ2v) is 7.46. The van der Waals surface area contributed by atoms with Crippen molar-refractivity contribution in [2.45, 2.75) is 31.6 Å². The number of rotatable bonds is 6. The third-order valence-electron chi connectivity index (χ3n) is 3.88. The van der Waals surface area contributed by atoms with Crippen LogP contribution in [0.1, 0.15) is 35.3 Å². The summed E-state index contributed by atoms with van der Waals surface area (Å²) >= 11 is 6.07. The lowest BCUT2D eigenvalue weighted by Crippen LogP contribution is -2.17. The number of benzene rings is 2. The van der Waals surface area contributed by atoms with Crippen LogP contribution in [0, 0.1) is 0 Å². The van der Waals surface area contributed by atoms with E-state index in [1.165, 1.54) is 25.3 Å². The number of esters is 1. The third kappa shape index (κ3) is 4.14. The van der Waals surface area contributed by atoms with Crippen molar-refractivity contribution in [2.75, 3.05) is 11.8 Å². The number of carbonyl (C=O) groups excluding carboxylic acids is 1. The monoisotopic (exact) mass is 381 g/mol. The van der Waals surface area contributed by atoms with Gasteiger partial charge in [-0.1, -0.05) is 43.6 Å². The van der Waals surface area contributed by atoms with Gasteiger partial charge in [-0.3, -0.25) is 4.72 Å². The fourth-order valence-corrected chi connectivity index (χ4v) is 4.19. The maximum absolute atomic E-state index is 12.9. The molecule has 0 aliphatic carbocycles. The van der Waals surface area contributed by atoms with Gasteiger partial charge in [0.05, 0.1) is 23.4 Å². The summed E-state index contributed by atoms with van der Waals surface area (Å²) < 4.78 is 33.0. The summed E-state index contributed by atoms with van der Waals surface area (Å²) in [4.78, 5) is 11.5. The minimum absolute atomic E-state index is 0.0344. The smallest absolute Gasteiger partial charge is 0.337 e.